The van der Waals surface area contributed by atoms with Gasteiger partial charge in [0.25, 0.3) is 0 Å². The molecule has 0 atom stereocenters. The van der Waals surface area contributed by atoms with Crippen molar-refractivity contribution in [2.24, 2.45) is 0 Å². The zero-order valence-corrected chi connectivity index (χ0v) is 19.5. The van der Waals surface area contributed by atoms with E-state index in [-0.39, 0.29) is 25.8 Å². The van der Waals surface area contributed by atoms with Crippen LogP contribution in [-0.4, -0.2) is 40.8 Å². The summed E-state index contributed by atoms with van der Waals surface area (Å²) in [7, 11) is 5.43. The van der Waals surface area contributed by atoms with Crippen LogP contribution in [0.2, 0.25) is 0 Å². The first-order valence-corrected chi connectivity index (χ1v) is 7.96. The largest absolute Gasteiger partial charge is 4.00 e. The van der Waals surface area contributed by atoms with Crippen LogP contribution in [0, 0.1) is 6.08 Å². The van der Waals surface area contributed by atoms with Gasteiger partial charge < -0.3 is 16.0 Å². The van der Waals surface area contributed by atoms with Gasteiger partial charge in [0.05, 0.1) is 0 Å². The number of rotatable bonds is 9. The van der Waals surface area contributed by atoms with E-state index >= 15 is 0 Å². The van der Waals surface area contributed by atoms with Gasteiger partial charge in [-0.1, -0.05) is 37.5 Å². The second kappa shape index (κ2) is 38.2. The summed E-state index contributed by atoms with van der Waals surface area (Å²) in [6.07, 6.45) is 18.6. The Bertz CT molecular complexity index is 248. The molecule has 0 bridgehead atoms. The summed E-state index contributed by atoms with van der Waals surface area (Å²) in [6.45, 7) is 13.4. The van der Waals surface area contributed by atoms with E-state index in [4.69, 9.17) is 0 Å². The van der Waals surface area contributed by atoms with Crippen LogP contribution in [-0.2, 0) is 25.8 Å². The first-order chi connectivity index (χ1) is 11.2. The molecule has 134 valence electrons. The molecule has 0 saturated heterocycles. The fourth-order valence-corrected chi connectivity index (χ4v) is 1.00. The van der Waals surface area contributed by atoms with Crippen molar-refractivity contribution < 1.29 is 25.8 Å². The maximum atomic E-state index is 3.85. The van der Waals surface area contributed by atoms with Crippen molar-refractivity contribution in [1.82, 2.24) is 0 Å². The van der Waals surface area contributed by atoms with Gasteiger partial charge in [0.2, 0.25) is 0 Å². The van der Waals surface area contributed by atoms with Crippen molar-refractivity contribution >= 4 is 0 Å². The molecule has 24 heavy (non-hydrogen) atoms. The minimum absolute atomic E-state index is 0. The molecule has 0 heterocycles. The molecule has 0 amide bonds. The quantitative estimate of drug-likeness (QED) is 0.163. The Morgan fingerprint density at radius 2 is 1.21 bits per heavy atom. The minimum Gasteiger partial charge on any atom is -0.665 e. The second-order valence-electron chi connectivity index (χ2n) is 4.35. The zero-order chi connectivity index (χ0) is 18.0. The normalized spacial score (nSPS) is 9.79. The molecule has 1 aliphatic carbocycles. The maximum Gasteiger partial charge on any atom is 4.00 e. The van der Waals surface area contributed by atoms with E-state index in [0.717, 1.165) is 45.3 Å². The molecule has 0 N–H and O–H groups in total. The monoisotopic (exact) mass is 497 g/mol. The Morgan fingerprint density at radius 1 is 0.833 bits per heavy atom. The molecular formula is C20H35HfN3. The van der Waals surface area contributed by atoms with E-state index < -0.39 is 0 Å². The van der Waals surface area contributed by atoms with Crippen LogP contribution in [0.4, 0.5) is 0 Å². The number of allylic oxidation sites excluding steroid dienone is 4. The van der Waals surface area contributed by atoms with Gasteiger partial charge in [0.1, 0.15) is 0 Å². The smallest absolute Gasteiger partial charge is 0.665 e. The maximum absolute atomic E-state index is 3.85. The van der Waals surface area contributed by atoms with E-state index in [1.807, 2.05) is 51.5 Å². The van der Waals surface area contributed by atoms with Crippen molar-refractivity contribution in [3.05, 3.63) is 78.2 Å². The van der Waals surface area contributed by atoms with Gasteiger partial charge in [-0.05, 0) is 0 Å². The summed E-state index contributed by atoms with van der Waals surface area (Å²) in [5.74, 6) is 0. The van der Waals surface area contributed by atoms with Gasteiger partial charge in [0.15, 0.2) is 0 Å². The van der Waals surface area contributed by atoms with Crippen LogP contribution in [0.1, 0.15) is 25.7 Å². The predicted molar refractivity (Wildman–Crippen MR) is 108 cm³/mol. The van der Waals surface area contributed by atoms with Gasteiger partial charge in [-0.2, -0.15) is 27.2 Å². The van der Waals surface area contributed by atoms with Crippen LogP contribution < -0.4 is 0 Å². The summed E-state index contributed by atoms with van der Waals surface area (Å²) in [5.41, 5.74) is 0. The van der Waals surface area contributed by atoms with Crippen LogP contribution in [0.15, 0.2) is 56.2 Å². The fourth-order valence-electron chi connectivity index (χ4n) is 1.00. The molecule has 0 aliphatic heterocycles. The molecule has 0 aromatic rings. The molecular weight excluding hydrogens is 461 g/mol. The summed E-state index contributed by atoms with van der Waals surface area (Å²) in [6, 6.07) is 0. The topological polar surface area (TPSA) is 42.3 Å². The van der Waals surface area contributed by atoms with Crippen LogP contribution in [0.25, 0.3) is 16.0 Å². The van der Waals surface area contributed by atoms with Gasteiger partial charge in [-0.25, -0.2) is 12.2 Å². The zero-order valence-electron chi connectivity index (χ0n) is 15.9. The average Bonchev–Trinajstić information content (AvgIpc) is 3.17. The first kappa shape index (κ1) is 31.2. The van der Waals surface area contributed by atoms with E-state index in [9.17, 15) is 0 Å². The van der Waals surface area contributed by atoms with Gasteiger partial charge in [-0.3, -0.25) is 6.08 Å². The van der Waals surface area contributed by atoms with E-state index in [0.29, 0.717) is 0 Å². The minimum atomic E-state index is 0. The standard InChI is InChI=1S/3C5H10N.C5H5.Hf/c3*1-3-4-5-6-2;1-2-4-5-3-1;/h3*3H,1,4-5H2,2H3;1-3H,4H2;/q4*-1;+4. The molecule has 1 aliphatic rings. The van der Waals surface area contributed by atoms with E-state index in [2.05, 4.69) is 47.8 Å². The Morgan fingerprint density at radius 3 is 1.29 bits per heavy atom. The molecule has 0 saturated carbocycles. The van der Waals surface area contributed by atoms with Crippen molar-refractivity contribution in [1.29, 1.82) is 0 Å². The van der Waals surface area contributed by atoms with E-state index in [1.165, 1.54) is 0 Å². The van der Waals surface area contributed by atoms with Gasteiger partial charge in [-0.15, -0.1) is 45.8 Å². The van der Waals surface area contributed by atoms with Gasteiger partial charge >= 0.3 is 25.8 Å². The van der Waals surface area contributed by atoms with Gasteiger partial charge in [0, 0.05) is 0 Å². The Kier molecular flexibility index (Phi) is 49.7. The molecule has 0 spiro atoms. The third-order valence-corrected chi connectivity index (χ3v) is 2.26. The van der Waals surface area contributed by atoms with Crippen LogP contribution >= 0.6 is 0 Å². The number of nitrogens with zero attached hydrogens (tertiary/aromatic N) is 3. The second-order valence-corrected chi connectivity index (χ2v) is 4.35. The van der Waals surface area contributed by atoms with E-state index in [1.54, 1.807) is 0 Å². The Hall–Kier alpha value is -0.550. The average molecular weight is 496 g/mol. The molecule has 0 aromatic heterocycles. The summed E-state index contributed by atoms with van der Waals surface area (Å²) in [4.78, 5) is 0. The first-order valence-electron chi connectivity index (χ1n) is 7.96. The molecule has 0 radical (unpaired) electrons. The SMILES string of the molecule is C=CCC[N-]C.C=CCC[N-]C.C=CCC[N-]C.[C-]1=CC=CC1.[Hf+4]. The van der Waals surface area contributed by atoms with Crippen LogP contribution in [0.3, 0.4) is 0 Å². The van der Waals surface area contributed by atoms with Crippen molar-refractivity contribution in [3.8, 4) is 0 Å². The molecule has 0 aromatic carbocycles. The van der Waals surface area contributed by atoms with Crippen LogP contribution in [0.5, 0.6) is 0 Å². The molecule has 0 unspecified atom stereocenters. The number of hydrogen-bond acceptors (Lipinski definition) is 0. The molecule has 4 heteroatoms. The van der Waals surface area contributed by atoms with Crippen molar-refractivity contribution in [3.63, 3.8) is 0 Å². The Balaban J connectivity index is -0.000000110. The van der Waals surface area contributed by atoms with Crippen molar-refractivity contribution in [2.75, 3.05) is 40.8 Å². The fraction of sp³-hybridized carbons (Fsp3) is 0.500. The molecule has 0 fully saturated rings. The summed E-state index contributed by atoms with van der Waals surface area (Å²) < 4.78 is 0. The summed E-state index contributed by atoms with van der Waals surface area (Å²) >= 11 is 0. The number of hydrogen-bond donors (Lipinski definition) is 0. The molecule has 3 nitrogen and oxygen atoms in total. The third-order valence-electron chi connectivity index (χ3n) is 2.26. The summed E-state index contributed by atoms with van der Waals surface area (Å²) in [5, 5.41) is 11.6. The molecule has 1 rings (SSSR count). The predicted octanol–water partition coefficient (Wildman–Crippen LogP) is 6.00. The third kappa shape index (κ3) is 49.6. The Labute approximate surface area is 170 Å². The van der Waals surface area contributed by atoms with Crippen molar-refractivity contribution in [2.45, 2.75) is 25.7 Å².